The van der Waals surface area contributed by atoms with Gasteiger partial charge in [-0.2, -0.15) is 10.5 Å². The molecule has 2 nitrogen and oxygen atoms in total. The molecule has 1 aromatic rings. The first-order valence-corrected chi connectivity index (χ1v) is 3.78. The van der Waals surface area contributed by atoms with E-state index < -0.39 is 0 Å². The predicted molar refractivity (Wildman–Crippen MR) is 45.2 cm³/mol. The second-order valence-electron chi connectivity index (χ2n) is 2.55. The van der Waals surface area contributed by atoms with Crippen LogP contribution in [-0.4, -0.2) is 6.21 Å². The molecule has 0 saturated heterocycles. The molecule has 0 aliphatic carbocycles. The number of nitrogens with zero attached hydrogens (tertiary/aromatic N) is 2. The lowest BCUT2D eigenvalue weighted by Gasteiger charge is -2.01. The summed E-state index contributed by atoms with van der Waals surface area (Å²) in [7, 11) is 0. The van der Waals surface area contributed by atoms with Gasteiger partial charge >= 0.3 is 0 Å². The van der Waals surface area contributed by atoms with E-state index in [4.69, 9.17) is 0 Å². The van der Waals surface area contributed by atoms with Crippen molar-refractivity contribution in [2.45, 2.75) is 13.3 Å². The van der Waals surface area contributed by atoms with Crippen LogP contribution in [0.4, 0.5) is 5.69 Å². The van der Waals surface area contributed by atoms with Crippen molar-refractivity contribution in [3.05, 3.63) is 29.3 Å². The number of hydrogen-bond donors (Lipinski definition) is 0. The van der Waals surface area contributed by atoms with E-state index in [9.17, 15) is 0 Å². The summed E-state index contributed by atoms with van der Waals surface area (Å²) in [5.41, 5.74) is 7.51. The standard InChI is InChI=1S/C9H9N2/c1-2-7-4-3-5-8-6-10-11-9(7)8/h3-6H,2H2,1H3. The van der Waals surface area contributed by atoms with E-state index in [2.05, 4.69) is 23.5 Å². The molecule has 2 rings (SSSR count). The SMILES string of the molecule is CCc1cccc2c1[N]N=C2. The van der Waals surface area contributed by atoms with Crippen molar-refractivity contribution >= 4 is 11.9 Å². The van der Waals surface area contributed by atoms with E-state index in [1.54, 1.807) is 6.21 Å². The Hall–Kier alpha value is -1.31. The van der Waals surface area contributed by atoms with Crippen molar-refractivity contribution in [3.8, 4) is 0 Å². The lowest BCUT2D eigenvalue weighted by Crippen LogP contribution is -1.89. The highest BCUT2D eigenvalue weighted by molar-refractivity contribution is 5.90. The topological polar surface area (TPSA) is 26.5 Å². The van der Waals surface area contributed by atoms with E-state index in [1.807, 2.05) is 12.1 Å². The van der Waals surface area contributed by atoms with Gasteiger partial charge in [-0.25, -0.2) is 0 Å². The second-order valence-corrected chi connectivity index (χ2v) is 2.55. The lowest BCUT2D eigenvalue weighted by atomic mass is 10.1. The molecular weight excluding hydrogens is 136 g/mol. The van der Waals surface area contributed by atoms with Crippen molar-refractivity contribution in [1.29, 1.82) is 0 Å². The molecule has 1 aliphatic rings. The summed E-state index contributed by atoms with van der Waals surface area (Å²) in [6.07, 6.45) is 2.82. The summed E-state index contributed by atoms with van der Waals surface area (Å²) in [5.74, 6) is 0. The first-order chi connectivity index (χ1) is 5.42. The summed E-state index contributed by atoms with van der Waals surface area (Å²) in [5, 5.41) is 3.86. The Bertz CT molecular complexity index is 302. The fourth-order valence-corrected chi connectivity index (χ4v) is 1.27. The maximum atomic E-state index is 4.04. The molecule has 0 unspecified atom stereocenters. The average Bonchev–Trinajstić information content (AvgIpc) is 2.50. The monoisotopic (exact) mass is 145 g/mol. The van der Waals surface area contributed by atoms with Crippen LogP contribution in [0.3, 0.4) is 0 Å². The first-order valence-electron chi connectivity index (χ1n) is 3.78. The number of aryl methyl sites for hydroxylation is 1. The Balaban J connectivity index is 2.55. The molecule has 0 N–H and O–H groups in total. The minimum absolute atomic E-state index is 1.02. The normalized spacial score (nSPS) is 12.8. The van der Waals surface area contributed by atoms with Crippen LogP contribution in [0.2, 0.25) is 0 Å². The van der Waals surface area contributed by atoms with Crippen LogP contribution in [0.15, 0.2) is 23.3 Å². The fraction of sp³-hybridized carbons (Fsp3) is 0.222. The van der Waals surface area contributed by atoms with Gasteiger partial charge in [-0.05, 0) is 12.0 Å². The third kappa shape index (κ3) is 0.909. The van der Waals surface area contributed by atoms with Gasteiger partial charge in [-0.3, -0.25) is 0 Å². The van der Waals surface area contributed by atoms with E-state index in [1.165, 1.54) is 5.56 Å². The molecule has 11 heavy (non-hydrogen) atoms. The zero-order chi connectivity index (χ0) is 7.68. The van der Waals surface area contributed by atoms with Crippen LogP contribution >= 0.6 is 0 Å². The zero-order valence-electron chi connectivity index (χ0n) is 6.41. The van der Waals surface area contributed by atoms with Crippen LogP contribution in [-0.2, 0) is 6.42 Å². The van der Waals surface area contributed by atoms with Crippen LogP contribution in [0, 0.1) is 0 Å². The van der Waals surface area contributed by atoms with Gasteiger partial charge in [0, 0.05) is 5.56 Å². The van der Waals surface area contributed by atoms with Gasteiger partial charge in [0.25, 0.3) is 0 Å². The molecule has 2 heteroatoms. The second kappa shape index (κ2) is 2.38. The molecule has 1 heterocycles. The highest BCUT2D eigenvalue weighted by Gasteiger charge is 2.10. The molecule has 1 aliphatic heterocycles. The van der Waals surface area contributed by atoms with Gasteiger partial charge in [-0.15, -0.1) is 0 Å². The van der Waals surface area contributed by atoms with Gasteiger partial charge in [0.1, 0.15) is 0 Å². The van der Waals surface area contributed by atoms with E-state index in [-0.39, 0.29) is 0 Å². The fourth-order valence-electron chi connectivity index (χ4n) is 1.27. The van der Waals surface area contributed by atoms with Gasteiger partial charge in [0.15, 0.2) is 0 Å². The molecule has 0 aromatic heterocycles. The largest absolute Gasteiger partial charge is 0.158 e. The molecule has 0 amide bonds. The number of fused-ring (bicyclic) bond motifs is 1. The summed E-state index contributed by atoms with van der Waals surface area (Å²) < 4.78 is 0. The summed E-state index contributed by atoms with van der Waals surface area (Å²) in [6, 6.07) is 6.18. The molecule has 0 atom stereocenters. The maximum Gasteiger partial charge on any atom is 0.0977 e. The van der Waals surface area contributed by atoms with Crippen molar-refractivity contribution in [3.63, 3.8) is 0 Å². The van der Waals surface area contributed by atoms with Crippen molar-refractivity contribution in [2.75, 3.05) is 0 Å². The molecular formula is C9H9N2. The van der Waals surface area contributed by atoms with Crippen LogP contribution < -0.4 is 5.43 Å². The van der Waals surface area contributed by atoms with E-state index in [0.29, 0.717) is 0 Å². The minimum Gasteiger partial charge on any atom is -0.158 e. The molecule has 0 spiro atoms. The highest BCUT2D eigenvalue weighted by Crippen LogP contribution is 2.23. The number of rotatable bonds is 1. The van der Waals surface area contributed by atoms with E-state index >= 15 is 0 Å². The van der Waals surface area contributed by atoms with Crippen LogP contribution in [0.5, 0.6) is 0 Å². The van der Waals surface area contributed by atoms with Crippen molar-refractivity contribution < 1.29 is 0 Å². The minimum atomic E-state index is 1.02. The molecule has 0 bridgehead atoms. The zero-order valence-corrected chi connectivity index (χ0v) is 6.41. The summed E-state index contributed by atoms with van der Waals surface area (Å²) in [4.78, 5) is 0. The van der Waals surface area contributed by atoms with Crippen LogP contribution in [0.25, 0.3) is 0 Å². The number of benzene rings is 1. The lowest BCUT2D eigenvalue weighted by molar-refractivity contribution is 0.962. The van der Waals surface area contributed by atoms with Gasteiger partial charge < -0.3 is 0 Å². The van der Waals surface area contributed by atoms with Gasteiger partial charge in [0.2, 0.25) is 0 Å². The Morgan fingerprint density at radius 2 is 2.27 bits per heavy atom. The van der Waals surface area contributed by atoms with Crippen LogP contribution in [0.1, 0.15) is 18.1 Å². The Kier molecular flexibility index (Phi) is 1.39. The Morgan fingerprint density at radius 3 is 3.09 bits per heavy atom. The predicted octanol–water partition coefficient (Wildman–Crippen LogP) is 1.83. The van der Waals surface area contributed by atoms with E-state index in [0.717, 1.165) is 17.7 Å². The highest BCUT2D eigenvalue weighted by atomic mass is 15.3. The molecule has 1 radical (unpaired) electrons. The molecule has 0 saturated carbocycles. The third-order valence-corrected chi connectivity index (χ3v) is 1.89. The molecule has 55 valence electrons. The summed E-state index contributed by atoms with van der Waals surface area (Å²) >= 11 is 0. The number of hydrogen-bond acceptors (Lipinski definition) is 1. The average molecular weight is 145 g/mol. The Morgan fingerprint density at radius 1 is 1.36 bits per heavy atom. The van der Waals surface area contributed by atoms with Gasteiger partial charge in [0.05, 0.1) is 11.9 Å². The third-order valence-electron chi connectivity index (χ3n) is 1.89. The Labute approximate surface area is 65.9 Å². The molecule has 1 aromatic carbocycles. The maximum absolute atomic E-state index is 4.04. The smallest absolute Gasteiger partial charge is 0.0977 e. The first kappa shape index (κ1) is 6.40. The van der Waals surface area contributed by atoms with Crippen molar-refractivity contribution in [2.24, 2.45) is 5.10 Å². The van der Waals surface area contributed by atoms with Gasteiger partial charge in [-0.1, -0.05) is 25.1 Å². The summed E-state index contributed by atoms with van der Waals surface area (Å²) in [6.45, 7) is 2.13. The molecule has 0 fully saturated rings. The van der Waals surface area contributed by atoms with Crippen molar-refractivity contribution in [1.82, 2.24) is 5.43 Å². The quantitative estimate of drug-likeness (QED) is 0.576.